The van der Waals surface area contributed by atoms with Crippen LogP contribution in [-0.4, -0.2) is 37.7 Å². The summed E-state index contributed by atoms with van der Waals surface area (Å²) in [4.78, 5) is 15.1. The molecule has 17 heavy (non-hydrogen) atoms. The zero-order valence-corrected chi connectivity index (χ0v) is 9.90. The van der Waals surface area contributed by atoms with E-state index in [-0.39, 0.29) is 12.5 Å². The molecule has 0 aliphatic rings. The Morgan fingerprint density at radius 3 is 2.94 bits per heavy atom. The lowest BCUT2D eigenvalue weighted by molar-refractivity contribution is -0.114. The van der Waals surface area contributed by atoms with Crippen LogP contribution in [-0.2, 0) is 9.53 Å². The van der Waals surface area contributed by atoms with Gasteiger partial charge in [0.1, 0.15) is 5.82 Å². The van der Waals surface area contributed by atoms with Gasteiger partial charge >= 0.3 is 0 Å². The van der Waals surface area contributed by atoms with Crippen LogP contribution in [0, 0.1) is 0 Å². The SMILES string of the molecule is COCCCNc1ccc(NC(=O)CN)nc1. The van der Waals surface area contributed by atoms with Crippen LogP contribution < -0.4 is 16.4 Å². The van der Waals surface area contributed by atoms with Gasteiger partial charge in [0.05, 0.1) is 18.4 Å². The average molecular weight is 238 g/mol. The molecular weight excluding hydrogens is 220 g/mol. The van der Waals surface area contributed by atoms with E-state index in [0.717, 1.165) is 25.3 Å². The number of rotatable bonds is 7. The van der Waals surface area contributed by atoms with Gasteiger partial charge in [0.25, 0.3) is 0 Å². The Morgan fingerprint density at radius 2 is 2.35 bits per heavy atom. The molecule has 6 heteroatoms. The predicted octanol–water partition coefficient (Wildman–Crippen LogP) is 0.427. The van der Waals surface area contributed by atoms with Crippen LogP contribution in [0.1, 0.15) is 6.42 Å². The summed E-state index contributed by atoms with van der Waals surface area (Å²) in [5.74, 6) is 0.251. The third kappa shape index (κ3) is 5.28. The summed E-state index contributed by atoms with van der Waals surface area (Å²) in [6.45, 7) is 1.51. The third-order valence-electron chi connectivity index (χ3n) is 2.07. The Bertz CT molecular complexity index is 340. The van der Waals surface area contributed by atoms with Crippen LogP contribution in [0.25, 0.3) is 0 Å². The number of nitrogens with one attached hydrogen (secondary N) is 2. The fraction of sp³-hybridized carbons (Fsp3) is 0.455. The van der Waals surface area contributed by atoms with Crippen LogP contribution in [0.15, 0.2) is 18.3 Å². The summed E-state index contributed by atoms with van der Waals surface area (Å²) < 4.78 is 4.94. The topological polar surface area (TPSA) is 89.3 Å². The zero-order chi connectivity index (χ0) is 12.5. The summed E-state index contributed by atoms with van der Waals surface area (Å²) in [7, 11) is 1.68. The molecule has 0 aromatic carbocycles. The summed E-state index contributed by atoms with van der Waals surface area (Å²) in [6.07, 6.45) is 2.60. The number of nitrogens with zero attached hydrogens (tertiary/aromatic N) is 1. The highest BCUT2D eigenvalue weighted by Gasteiger charge is 2.00. The summed E-state index contributed by atoms with van der Waals surface area (Å²) in [5.41, 5.74) is 6.09. The third-order valence-corrected chi connectivity index (χ3v) is 2.07. The number of ether oxygens (including phenoxy) is 1. The van der Waals surface area contributed by atoms with E-state index in [4.69, 9.17) is 10.5 Å². The number of anilines is 2. The van der Waals surface area contributed by atoms with E-state index in [9.17, 15) is 4.79 Å². The van der Waals surface area contributed by atoms with Gasteiger partial charge in [-0.1, -0.05) is 0 Å². The highest BCUT2D eigenvalue weighted by molar-refractivity contribution is 5.91. The number of pyridine rings is 1. The maximum absolute atomic E-state index is 11.0. The van der Waals surface area contributed by atoms with Gasteiger partial charge in [-0.15, -0.1) is 0 Å². The molecule has 94 valence electrons. The van der Waals surface area contributed by atoms with Crippen molar-refractivity contribution in [2.75, 3.05) is 37.4 Å². The van der Waals surface area contributed by atoms with E-state index in [1.807, 2.05) is 6.07 Å². The van der Waals surface area contributed by atoms with Crippen molar-refractivity contribution >= 4 is 17.4 Å². The lowest BCUT2D eigenvalue weighted by Gasteiger charge is -2.07. The second kappa shape index (κ2) is 7.59. The van der Waals surface area contributed by atoms with Gasteiger partial charge in [0.15, 0.2) is 0 Å². The number of aromatic nitrogens is 1. The van der Waals surface area contributed by atoms with E-state index in [2.05, 4.69) is 15.6 Å². The number of carbonyl (C=O) groups excluding carboxylic acids is 1. The number of hydrogen-bond acceptors (Lipinski definition) is 5. The minimum absolute atomic E-state index is 0.0430. The molecule has 6 nitrogen and oxygen atoms in total. The summed E-state index contributed by atoms with van der Waals surface area (Å²) in [5, 5.41) is 5.77. The quantitative estimate of drug-likeness (QED) is 0.599. The molecule has 0 atom stereocenters. The lowest BCUT2D eigenvalue weighted by Crippen LogP contribution is -2.22. The molecule has 0 spiro atoms. The predicted molar refractivity (Wildman–Crippen MR) is 66.9 cm³/mol. The zero-order valence-electron chi connectivity index (χ0n) is 9.90. The number of nitrogens with two attached hydrogens (primary N) is 1. The molecule has 1 rings (SSSR count). The van der Waals surface area contributed by atoms with Gasteiger partial charge in [-0.05, 0) is 18.6 Å². The fourth-order valence-electron chi connectivity index (χ4n) is 1.22. The first-order valence-electron chi connectivity index (χ1n) is 5.45. The van der Waals surface area contributed by atoms with Crippen LogP contribution in [0.2, 0.25) is 0 Å². The van der Waals surface area contributed by atoms with Crippen molar-refractivity contribution in [3.05, 3.63) is 18.3 Å². The second-order valence-corrected chi connectivity index (χ2v) is 3.46. The molecule has 0 radical (unpaired) electrons. The molecule has 1 aromatic heterocycles. The Balaban J connectivity index is 2.36. The molecule has 0 unspecified atom stereocenters. The molecule has 0 aliphatic heterocycles. The van der Waals surface area contributed by atoms with E-state index in [1.54, 1.807) is 19.4 Å². The van der Waals surface area contributed by atoms with E-state index >= 15 is 0 Å². The van der Waals surface area contributed by atoms with Crippen LogP contribution >= 0.6 is 0 Å². The first-order valence-corrected chi connectivity index (χ1v) is 5.45. The van der Waals surface area contributed by atoms with Gasteiger partial charge < -0.3 is 21.1 Å². The van der Waals surface area contributed by atoms with E-state index in [0.29, 0.717) is 5.82 Å². The van der Waals surface area contributed by atoms with Crippen molar-refractivity contribution in [2.45, 2.75) is 6.42 Å². The van der Waals surface area contributed by atoms with E-state index in [1.165, 1.54) is 0 Å². The normalized spacial score (nSPS) is 10.0. The first kappa shape index (κ1) is 13.4. The molecule has 0 saturated carbocycles. The maximum Gasteiger partial charge on any atom is 0.239 e. The van der Waals surface area contributed by atoms with Crippen molar-refractivity contribution in [2.24, 2.45) is 5.73 Å². The number of carbonyl (C=O) groups is 1. The van der Waals surface area contributed by atoms with Crippen LogP contribution in [0.5, 0.6) is 0 Å². The van der Waals surface area contributed by atoms with Gasteiger partial charge in [0.2, 0.25) is 5.91 Å². The highest BCUT2D eigenvalue weighted by atomic mass is 16.5. The van der Waals surface area contributed by atoms with Crippen molar-refractivity contribution in [3.63, 3.8) is 0 Å². The van der Waals surface area contributed by atoms with Gasteiger partial charge in [-0.3, -0.25) is 4.79 Å². The Labute approximate surface area is 101 Å². The highest BCUT2D eigenvalue weighted by Crippen LogP contribution is 2.09. The van der Waals surface area contributed by atoms with Crippen molar-refractivity contribution in [1.29, 1.82) is 0 Å². The smallest absolute Gasteiger partial charge is 0.239 e. The maximum atomic E-state index is 11.0. The number of methoxy groups -OCH3 is 1. The molecule has 1 amide bonds. The standard InChI is InChI=1S/C11H18N4O2/c1-17-6-2-5-13-9-3-4-10(14-8-9)15-11(16)7-12/h3-4,8,13H,2,5-7,12H2,1H3,(H,14,15,16). The molecule has 0 saturated heterocycles. The second-order valence-electron chi connectivity index (χ2n) is 3.46. The van der Waals surface area contributed by atoms with E-state index < -0.39 is 0 Å². The number of amides is 1. The van der Waals surface area contributed by atoms with Crippen molar-refractivity contribution in [3.8, 4) is 0 Å². The first-order chi connectivity index (χ1) is 8.26. The lowest BCUT2D eigenvalue weighted by atomic mass is 10.3. The molecule has 4 N–H and O–H groups in total. The molecule has 1 heterocycles. The molecular formula is C11H18N4O2. The van der Waals surface area contributed by atoms with Crippen molar-refractivity contribution in [1.82, 2.24) is 4.98 Å². The van der Waals surface area contributed by atoms with Crippen LogP contribution in [0.3, 0.4) is 0 Å². The fourth-order valence-corrected chi connectivity index (χ4v) is 1.22. The molecule has 0 aliphatic carbocycles. The van der Waals surface area contributed by atoms with Gasteiger partial charge in [0, 0.05) is 20.3 Å². The van der Waals surface area contributed by atoms with Crippen molar-refractivity contribution < 1.29 is 9.53 Å². The average Bonchev–Trinajstić information content (AvgIpc) is 2.36. The Kier molecular flexibility index (Phi) is 5.98. The van der Waals surface area contributed by atoms with Gasteiger partial charge in [-0.2, -0.15) is 0 Å². The molecule has 0 fully saturated rings. The molecule has 1 aromatic rings. The Hall–Kier alpha value is -1.66. The van der Waals surface area contributed by atoms with Gasteiger partial charge in [-0.25, -0.2) is 4.98 Å². The molecule has 0 bridgehead atoms. The summed E-state index contributed by atoms with van der Waals surface area (Å²) in [6, 6.07) is 3.58. The summed E-state index contributed by atoms with van der Waals surface area (Å²) >= 11 is 0. The minimum atomic E-state index is -0.252. The largest absolute Gasteiger partial charge is 0.385 e. The minimum Gasteiger partial charge on any atom is -0.385 e. The Morgan fingerprint density at radius 1 is 1.53 bits per heavy atom. The van der Waals surface area contributed by atoms with Crippen LogP contribution in [0.4, 0.5) is 11.5 Å². The number of hydrogen-bond donors (Lipinski definition) is 3. The monoisotopic (exact) mass is 238 g/mol.